The van der Waals surface area contributed by atoms with Crippen LogP contribution in [0.2, 0.25) is 0 Å². The molecule has 0 unspecified atom stereocenters. The Morgan fingerprint density at radius 1 is 1.47 bits per heavy atom. The van der Waals surface area contributed by atoms with E-state index in [0.717, 1.165) is 12.8 Å². The van der Waals surface area contributed by atoms with Gasteiger partial charge < -0.3 is 4.74 Å². The SMILES string of the molecule is CCCCC(=O)OCc1cccc(F)c1. The molecule has 0 aliphatic carbocycles. The summed E-state index contributed by atoms with van der Waals surface area (Å²) in [7, 11) is 0. The second kappa shape index (κ2) is 6.17. The topological polar surface area (TPSA) is 26.3 Å². The molecule has 0 fully saturated rings. The summed E-state index contributed by atoms with van der Waals surface area (Å²) < 4.78 is 17.7. The molecule has 0 saturated heterocycles. The van der Waals surface area contributed by atoms with Crippen molar-refractivity contribution in [3.05, 3.63) is 35.6 Å². The van der Waals surface area contributed by atoms with E-state index >= 15 is 0 Å². The maximum Gasteiger partial charge on any atom is 0.306 e. The molecular formula is C12H15FO2. The average molecular weight is 210 g/mol. The van der Waals surface area contributed by atoms with Gasteiger partial charge in [0.2, 0.25) is 0 Å². The van der Waals surface area contributed by atoms with Gasteiger partial charge in [0.25, 0.3) is 0 Å². The summed E-state index contributed by atoms with van der Waals surface area (Å²) in [5.74, 6) is -0.529. The molecule has 0 aromatic heterocycles. The zero-order valence-electron chi connectivity index (χ0n) is 8.83. The van der Waals surface area contributed by atoms with Gasteiger partial charge in [-0.2, -0.15) is 0 Å². The zero-order chi connectivity index (χ0) is 11.1. The van der Waals surface area contributed by atoms with Crippen molar-refractivity contribution in [1.29, 1.82) is 0 Å². The molecule has 3 heteroatoms. The zero-order valence-corrected chi connectivity index (χ0v) is 8.83. The number of esters is 1. The van der Waals surface area contributed by atoms with E-state index in [1.165, 1.54) is 12.1 Å². The van der Waals surface area contributed by atoms with Gasteiger partial charge in [-0.3, -0.25) is 4.79 Å². The predicted octanol–water partition coefficient (Wildman–Crippen LogP) is 3.06. The van der Waals surface area contributed by atoms with Crippen molar-refractivity contribution >= 4 is 5.97 Å². The Morgan fingerprint density at radius 2 is 2.27 bits per heavy atom. The van der Waals surface area contributed by atoms with Crippen molar-refractivity contribution in [2.24, 2.45) is 0 Å². The maximum atomic E-state index is 12.8. The number of carbonyl (C=O) groups excluding carboxylic acids is 1. The van der Waals surface area contributed by atoms with Gasteiger partial charge >= 0.3 is 5.97 Å². The fraction of sp³-hybridized carbons (Fsp3) is 0.417. The number of hydrogen-bond acceptors (Lipinski definition) is 2. The summed E-state index contributed by atoms with van der Waals surface area (Å²) in [6, 6.07) is 6.07. The number of carbonyl (C=O) groups is 1. The van der Waals surface area contributed by atoms with Crippen molar-refractivity contribution in [2.45, 2.75) is 32.8 Å². The van der Waals surface area contributed by atoms with Crippen molar-refractivity contribution in [3.8, 4) is 0 Å². The molecule has 0 N–H and O–H groups in total. The molecule has 0 bridgehead atoms. The Bertz CT molecular complexity index is 323. The third-order valence-corrected chi connectivity index (χ3v) is 2.02. The highest BCUT2D eigenvalue weighted by Crippen LogP contribution is 2.06. The fourth-order valence-electron chi connectivity index (χ4n) is 1.18. The molecule has 0 spiro atoms. The van der Waals surface area contributed by atoms with E-state index in [-0.39, 0.29) is 18.4 Å². The molecule has 0 saturated carbocycles. The number of rotatable bonds is 5. The number of hydrogen-bond donors (Lipinski definition) is 0. The maximum absolute atomic E-state index is 12.8. The summed E-state index contributed by atoms with van der Waals surface area (Å²) in [6.07, 6.45) is 2.24. The third-order valence-electron chi connectivity index (χ3n) is 2.02. The molecule has 15 heavy (non-hydrogen) atoms. The first-order chi connectivity index (χ1) is 7.22. The van der Waals surface area contributed by atoms with E-state index in [9.17, 15) is 9.18 Å². The van der Waals surface area contributed by atoms with Crippen molar-refractivity contribution in [2.75, 3.05) is 0 Å². The van der Waals surface area contributed by atoms with Gasteiger partial charge in [0.15, 0.2) is 0 Å². The first-order valence-electron chi connectivity index (χ1n) is 5.12. The molecule has 0 atom stereocenters. The van der Waals surface area contributed by atoms with Crippen LogP contribution in [0.1, 0.15) is 31.7 Å². The Kier molecular flexibility index (Phi) is 4.81. The van der Waals surface area contributed by atoms with Gasteiger partial charge in [-0.15, -0.1) is 0 Å². The number of benzene rings is 1. The highest BCUT2D eigenvalue weighted by atomic mass is 19.1. The minimum absolute atomic E-state index is 0.153. The molecule has 82 valence electrons. The fourth-order valence-corrected chi connectivity index (χ4v) is 1.18. The third kappa shape index (κ3) is 4.58. The lowest BCUT2D eigenvalue weighted by Crippen LogP contribution is -2.04. The van der Waals surface area contributed by atoms with Crippen LogP contribution < -0.4 is 0 Å². The Balaban J connectivity index is 2.33. The number of ether oxygens (including phenoxy) is 1. The van der Waals surface area contributed by atoms with Gasteiger partial charge in [0, 0.05) is 6.42 Å². The van der Waals surface area contributed by atoms with Gasteiger partial charge in [-0.25, -0.2) is 4.39 Å². The molecule has 2 nitrogen and oxygen atoms in total. The van der Waals surface area contributed by atoms with Crippen molar-refractivity contribution < 1.29 is 13.9 Å². The van der Waals surface area contributed by atoms with E-state index in [1.807, 2.05) is 6.92 Å². The van der Waals surface area contributed by atoms with E-state index in [1.54, 1.807) is 12.1 Å². The number of unbranched alkanes of at least 4 members (excludes halogenated alkanes) is 1. The normalized spacial score (nSPS) is 10.0. The molecule has 0 radical (unpaired) electrons. The first-order valence-corrected chi connectivity index (χ1v) is 5.12. The van der Waals surface area contributed by atoms with Gasteiger partial charge in [0.05, 0.1) is 0 Å². The molecule has 0 amide bonds. The van der Waals surface area contributed by atoms with E-state index in [0.29, 0.717) is 12.0 Å². The average Bonchev–Trinajstić information content (AvgIpc) is 2.23. The van der Waals surface area contributed by atoms with Gasteiger partial charge in [-0.1, -0.05) is 25.5 Å². The molecule has 0 aliphatic heterocycles. The standard InChI is InChI=1S/C12H15FO2/c1-2-3-7-12(14)15-9-10-5-4-6-11(13)8-10/h4-6,8H,2-3,7,9H2,1H3. The number of halogens is 1. The van der Waals surface area contributed by atoms with E-state index in [4.69, 9.17) is 4.74 Å². The second-order valence-electron chi connectivity index (χ2n) is 3.39. The van der Waals surface area contributed by atoms with Crippen molar-refractivity contribution in [1.82, 2.24) is 0 Å². The van der Waals surface area contributed by atoms with Crippen LogP contribution in [0.5, 0.6) is 0 Å². The predicted molar refractivity (Wildman–Crippen MR) is 55.7 cm³/mol. The highest BCUT2D eigenvalue weighted by molar-refractivity contribution is 5.69. The molecule has 1 aromatic rings. The quantitative estimate of drug-likeness (QED) is 0.698. The summed E-state index contributed by atoms with van der Waals surface area (Å²) in [5, 5.41) is 0. The van der Waals surface area contributed by atoms with Crippen LogP contribution in [-0.2, 0) is 16.1 Å². The monoisotopic (exact) mass is 210 g/mol. The summed E-state index contributed by atoms with van der Waals surface area (Å²) in [4.78, 5) is 11.1. The molecule has 1 aromatic carbocycles. The Labute approximate surface area is 89.1 Å². The largest absolute Gasteiger partial charge is 0.461 e. The van der Waals surface area contributed by atoms with Gasteiger partial charge in [0.1, 0.15) is 12.4 Å². The van der Waals surface area contributed by atoms with Crippen molar-refractivity contribution in [3.63, 3.8) is 0 Å². The summed E-state index contributed by atoms with van der Waals surface area (Å²) in [5.41, 5.74) is 0.680. The smallest absolute Gasteiger partial charge is 0.306 e. The lowest BCUT2D eigenvalue weighted by molar-refractivity contribution is -0.145. The lowest BCUT2D eigenvalue weighted by Gasteiger charge is -2.04. The van der Waals surface area contributed by atoms with Crippen LogP contribution in [0.25, 0.3) is 0 Å². The lowest BCUT2D eigenvalue weighted by atomic mass is 10.2. The minimum atomic E-state index is -0.308. The molecular weight excluding hydrogens is 195 g/mol. The van der Waals surface area contributed by atoms with Crippen LogP contribution in [0.4, 0.5) is 4.39 Å². The molecule has 0 aliphatic rings. The van der Waals surface area contributed by atoms with Gasteiger partial charge in [-0.05, 0) is 24.1 Å². The van der Waals surface area contributed by atoms with Crippen LogP contribution in [0, 0.1) is 5.82 Å². The van der Waals surface area contributed by atoms with E-state index < -0.39 is 0 Å². The molecule has 1 rings (SSSR count). The Morgan fingerprint density at radius 3 is 2.93 bits per heavy atom. The summed E-state index contributed by atoms with van der Waals surface area (Å²) in [6.45, 7) is 2.17. The van der Waals surface area contributed by atoms with Crippen LogP contribution >= 0.6 is 0 Å². The second-order valence-corrected chi connectivity index (χ2v) is 3.39. The highest BCUT2D eigenvalue weighted by Gasteiger charge is 2.02. The van der Waals surface area contributed by atoms with Crippen LogP contribution in [0.15, 0.2) is 24.3 Å². The summed E-state index contributed by atoms with van der Waals surface area (Å²) >= 11 is 0. The van der Waals surface area contributed by atoms with Crippen LogP contribution in [-0.4, -0.2) is 5.97 Å². The van der Waals surface area contributed by atoms with Crippen LogP contribution in [0.3, 0.4) is 0 Å². The molecule has 0 heterocycles. The Hall–Kier alpha value is -1.38. The minimum Gasteiger partial charge on any atom is -0.461 e. The first kappa shape index (κ1) is 11.7. The van der Waals surface area contributed by atoms with E-state index in [2.05, 4.69) is 0 Å².